The Morgan fingerprint density at radius 2 is 1.83 bits per heavy atom. The predicted molar refractivity (Wildman–Crippen MR) is 117 cm³/mol. The third-order valence-corrected chi connectivity index (χ3v) is 7.07. The molecule has 1 N–H and O–H groups in total. The third kappa shape index (κ3) is 2.54. The molecule has 1 atom stereocenters. The Morgan fingerprint density at radius 3 is 2.69 bits per heavy atom. The van der Waals surface area contributed by atoms with E-state index in [0.717, 1.165) is 31.7 Å². The van der Waals surface area contributed by atoms with E-state index in [1.54, 1.807) is 0 Å². The molecule has 1 aliphatic carbocycles. The van der Waals surface area contributed by atoms with Gasteiger partial charge in [-0.25, -0.2) is 0 Å². The monoisotopic (exact) mass is 380 g/mol. The lowest BCUT2D eigenvalue weighted by atomic mass is 9.95. The first-order chi connectivity index (χ1) is 14.3. The predicted octanol–water partition coefficient (Wildman–Crippen LogP) is 4.66. The summed E-state index contributed by atoms with van der Waals surface area (Å²) in [6, 6.07) is 22.7. The smallest absolute Gasteiger partial charge is 0.0995 e. The third-order valence-electron chi connectivity index (χ3n) is 7.07. The molecule has 2 aliphatic heterocycles. The summed E-state index contributed by atoms with van der Waals surface area (Å²) >= 11 is 0. The summed E-state index contributed by atoms with van der Waals surface area (Å²) < 4.78 is 0. The van der Waals surface area contributed by atoms with Crippen LogP contribution < -0.4 is 10.2 Å². The van der Waals surface area contributed by atoms with E-state index in [1.165, 1.54) is 46.1 Å². The molecule has 4 nitrogen and oxygen atoms in total. The summed E-state index contributed by atoms with van der Waals surface area (Å²) in [7, 11) is 0. The Kier molecular flexibility index (Phi) is 3.79. The van der Waals surface area contributed by atoms with E-state index in [-0.39, 0.29) is 0 Å². The van der Waals surface area contributed by atoms with Crippen LogP contribution in [0.2, 0.25) is 0 Å². The SMILES string of the molecule is N#Cc1ccc2cccc3c2c1C(N1CCC(N2CNc4ccccc42)CC1)C3. The first-order valence-electron chi connectivity index (χ1n) is 10.6. The van der Waals surface area contributed by atoms with Crippen molar-refractivity contribution < 1.29 is 0 Å². The van der Waals surface area contributed by atoms with Crippen molar-refractivity contribution >= 4 is 22.1 Å². The zero-order valence-corrected chi connectivity index (χ0v) is 16.4. The summed E-state index contributed by atoms with van der Waals surface area (Å²) in [6.07, 6.45) is 3.37. The molecule has 2 heterocycles. The summed E-state index contributed by atoms with van der Waals surface area (Å²) in [5.41, 5.74) is 6.13. The molecule has 1 unspecified atom stereocenters. The van der Waals surface area contributed by atoms with Crippen molar-refractivity contribution in [3.8, 4) is 6.07 Å². The van der Waals surface area contributed by atoms with Gasteiger partial charge in [-0.15, -0.1) is 0 Å². The number of benzene rings is 3. The summed E-state index contributed by atoms with van der Waals surface area (Å²) in [6.45, 7) is 3.09. The average molecular weight is 380 g/mol. The maximum absolute atomic E-state index is 9.74. The minimum atomic E-state index is 0.343. The number of fused-ring (bicyclic) bond motifs is 1. The maximum Gasteiger partial charge on any atom is 0.0995 e. The van der Waals surface area contributed by atoms with Crippen molar-refractivity contribution in [1.29, 1.82) is 5.26 Å². The molecule has 0 amide bonds. The second-order valence-corrected chi connectivity index (χ2v) is 8.46. The lowest BCUT2D eigenvalue weighted by molar-refractivity contribution is 0.153. The number of hydrogen-bond donors (Lipinski definition) is 1. The molecule has 3 aromatic carbocycles. The van der Waals surface area contributed by atoms with Crippen LogP contribution in [0.4, 0.5) is 11.4 Å². The minimum Gasteiger partial charge on any atom is -0.366 e. The molecule has 3 aromatic rings. The highest BCUT2D eigenvalue weighted by Crippen LogP contribution is 2.43. The molecule has 1 fully saturated rings. The Morgan fingerprint density at radius 1 is 0.966 bits per heavy atom. The van der Waals surface area contributed by atoms with Gasteiger partial charge in [0.2, 0.25) is 0 Å². The lowest BCUT2D eigenvalue weighted by Gasteiger charge is -2.40. The molecule has 0 radical (unpaired) electrons. The van der Waals surface area contributed by atoms with Gasteiger partial charge in [-0.05, 0) is 59.4 Å². The number of rotatable bonds is 2. The second-order valence-electron chi connectivity index (χ2n) is 8.46. The normalized spacial score (nSPS) is 21.2. The molecule has 1 saturated heterocycles. The highest BCUT2D eigenvalue weighted by atomic mass is 15.3. The molecule has 0 bridgehead atoms. The van der Waals surface area contributed by atoms with Crippen LogP contribution in [-0.4, -0.2) is 30.7 Å². The number of nitrogens with one attached hydrogen (secondary N) is 1. The molecule has 0 spiro atoms. The maximum atomic E-state index is 9.74. The topological polar surface area (TPSA) is 42.3 Å². The number of hydrogen-bond acceptors (Lipinski definition) is 4. The van der Waals surface area contributed by atoms with Crippen molar-refractivity contribution in [2.24, 2.45) is 0 Å². The van der Waals surface area contributed by atoms with Gasteiger partial charge in [-0.2, -0.15) is 5.26 Å². The van der Waals surface area contributed by atoms with Crippen LogP contribution in [0.1, 0.15) is 35.6 Å². The molecule has 29 heavy (non-hydrogen) atoms. The quantitative estimate of drug-likeness (QED) is 0.702. The summed E-state index contributed by atoms with van der Waals surface area (Å²) in [4.78, 5) is 5.17. The Hall–Kier alpha value is -3.03. The molecule has 4 heteroatoms. The molecule has 3 aliphatic rings. The van der Waals surface area contributed by atoms with E-state index < -0.39 is 0 Å². The number of para-hydroxylation sites is 2. The molecular weight excluding hydrogens is 356 g/mol. The van der Waals surface area contributed by atoms with Crippen LogP contribution in [0.15, 0.2) is 54.6 Å². The van der Waals surface area contributed by atoms with E-state index in [2.05, 4.69) is 69.7 Å². The van der Waals surface area contributed by atoms with Gasteiger partial charge < -0.3 is 10.2 Å². The van der Waals surface area contributed by atoms with Gasteiger partial charge >= 0.3 is 0 Å². The van der Waals surface area contributed by atoms with Gasteiger partial charge in [0.25, 0.3) is 0 Å². The van der Waals surface area contributed by atoms with Crippen LogP contribution in [0.25, 0.3) is 10.8 Å². The van der Waals surface area contributed by atoms with E-state index in [1.807, 2.05) is 6.07 Å². The van der Waals surface area contributed by atoms with E-state index in [0.29, 0.717) is 12.1 Å². The van der Waals surface area contributed by atoms with Crippen molar-refractivity contribution in [3.05, 3.63) is 71.3 Å². The fourth-order valence-electron chi connectivity index (χ4n) is 5.68. The van der Waals surface area contributed by atoms with Crippen LogP contribution in [0.3, 0.4) is 0 Å². The standard InChI is InChI=1S/C25H24N4/c26-15-19-9-8-17-4-3-5-18-14-23(25(19)24(17)18)28-12-10-20(11-13-28)29-16-27-21-6-1-2-7-22(21)29/h1-9,20,23,27H,10-14,16H2. The molecule has 6 rings (SSSR count). The van der Waals surface area contributed by atoms with Crippen LogP contribution >= 0.6 is 0 Å². The second kappa shape index (κ2) is 6.50. The lowest BCUT2D eigenvalue weighted by Crippen LogP contribution is -2.46. The fraction of sp³-hybridized carbons (Fsp3) is 0.320. The zero-order valence-electron chi connectivity index (χ0n) is 16.4. The van der Waals surface area contributed by atoms with Gasteiger partial charge in [0.05, 0.1) is 29.7 Å². The Labute approximate surface area is 171 Å². The number of likely N-dealkylation sites (tertiary alicyclic amines) is 1. The van der Waals surface area contributed by atoms with Gasteiger partial charge in [0.1, 0.15) is 0 Å². The van der Waals surface area contributed by atoms with E-state index >= 15 is 0 Å². The molecular formula is C25H24N4. The van der Waals surface area contributed by atoms with Gasteiger partial charge in [0.15, 0.2) is 0 Å². The van der Waals surface area contributed by atoms with Crippen LogP contribution in [0.5, 0.6) is 0 Å². The van der Waals surface area contributed by atoms with Crippen molar-refractivity contribution in [2.75, 3.05) is 30.0 Å². The Balaban J connectivity index is 1.25. The van der Waals surface area contributed by atoms with Crippen LogP contribution in [0, 0.1) is 11.3 Å². The fourth-order valence-corrected chi connectivity index (χ4v) is 5.68. The van der Waals surface area contributed by atoms with E-state index in [9.17, 15) is 5.26 Å². The Bertz CT molecular complexity index is 1140. The molecule has 144 valence electrons. The number of piperidine rings is 1. The highest BCUT2D eigenvalue weighted by molar-refractivity contribution is 5.93. The minimum absolute atomic E-state index is 0.343. The zero-order chi connectivity index (χ0) is 19.4. The summed E-state index contributed by atoms with van der Waals surface area (Å²) in [5.74, 6) is 0. The average Bonchev–Trinajstić information content (AvgIpc) is 3.38. The molecule has 0 aromatic heterocycles. The van der Waals surface area contributed by atoms with Crippen molar-refractivity contribution in [1.82, 2.24) is 4.90 Å². The number of nitrogens with zero attached hydrogens (tertiary/aromatic N) is 3. The first-order valence-corrected chi connectivity index (χ1v) is 10.6. The van der Waals surface area contributed by atoms with Gasteiger partial charge in [-0.3, -0.25) is 4.90 Å². The van der Waals surface area contributed by atoms with Crippen molar-refractivity contribution in [2.45, 2.75) is 31.3 Å². The van der Waals surface area contributed by atoms with Crippen molar-refractivity contribution in [3.63, 3.8) is 0 Å². The largest absolute Gasteiger partial charge is 0.366 e. The molecule has 0 saturated carbocycles. The first kappa shape index (κ1) is 16.9. The summed E-state index contributed by atoms with van der Waals surface area (Å²) in [5, 5.41) is 15.9. The van der Waals surface area contributed by atoms with Gasteiger partial charge in [0, 0.05) is 25.2 Å². The highest BCUT2D eigenvalue weighted by Gasteiger charge is 2.35. The number of nitriles is 1. The van der Waals surface area contributed by atoms with Crippen LogP contribution in [-0.2, 0) is 6.42 Å². The number of anilines is 2. The van der Waals surface area contributed by atoms with Gasteiger partial charge in [-0.1, -0.05) is 36.4 Å². The van der Waals surface area contributed by atoms with E-state index in [4.69, 9.17) is 0 Å².